The molecule has 1 N–H and O–H groups in total. The normalized spacial score (nSPS) is 15.7. The van der Waals surface area contributed by atoms with E-state index in [1.165, 1.54) is 10.5 Å². The highest BCUT2D eigenvalue weighted by Gasteiger charge is 2.40. The van der Waals surface area contributed by atoms with Gasteiger partial charge in [0, 0.05) is 11.8 Å². The number of rotatable bonds is 4. The maximum atomic E-state index is 13.6. The third kappa shape index (κ3) is 3.92. The maximum Gasteiger partial charge on any atom is 0.282 e. The number of ether oxygens (including phenoxy) is 2. The third-order valence-electron chi connectivity index (χ3n) is 5.95. The van der Waals surface area contributed by atoms with E-state index in [9.17, 15) is 9.59 Å². The molecule has 2 amide bonds. The Balaban J connectivity index is 1.54. The van der Waals surface area contributed by atoms with Crippen LogP contribution in [-0.4, -0.2) is 25.0 Å². The number of fused-ring (bicyclic) bond motifs is 1. The van der Waals surface area contributed by atoms with Crippen molar-refractivity contribution in [2.45, 2.75) is 26.2 Å². The smallest absolute Gasteiger partial charge is 0.282 e. The van der Waals surface area contributed by atoms with Crippen LogP contribution >= 0.6 is 0 Å². The fraction of sp³-hybridized carbons (Fsp3) is 0.214. The molecule has 172 valence electrons. The number of nitrogens with one attached hydrogen (secondary N) is 1. The van der Waals surface area contributed by atoms with Gasteiger partial charge >= 0.3 is 0 Å². The lowest BCUT2D eigenvalue weighted by Crippen LogP contribution is -2.32. The zero-order valence-electron chi connectivity index (χ0n) is 19.4. The van der Waals surface area contributed by atoms with Gasteiger partial charge in [-0.3, -0.25) is 9.59 Å². The number of hydrogen-bond acceptors (Lipinski definition) is 5. The first-order chi connectivity index (χ1) is 16.3. The number of carbonyl (C=O) groups is 2. The summed E-state index contributed by atoms with van der Waals surface area (Å²) in [5.41, 5.74) is 3.63. The molecular weight excluding hydrogens is 428 g/mol. The highest BCUT2D eigenvalue weighted by Crippen LogP contribution is 2.38. The number of amides is 2. The van der Waals surface area contributed by atoms with Crippen molar-refractivity contribution in [2.75, 3.05) is 23.4 Å². The highest BCUT2D eigenvalue weighted by molar-refractivity contribution is 6.46. The fourth-order valence-electron chi connectivity index (χ4n) is 4.12. The lowest BCUT2D eigenvalue weighted by Gasteiger charge is -2.21. The molecule has 6 nitrogen and oxygen atoms in total. The molecule has 2 heterocycles. The summed E-state index contributed by atoms with van der Waals surface area (Å²) in [6.45, 7) is 7.33. The third-order valence-corrected chi connectivity index (χ3v) is 5.95. The Hall–Kier alpha value is -4.06. The standard InChI is InChI=1S/C28H26N2O4/c1-28(2,3)19-9-11-20(12-10-19)29-25-24(18-7-5-4-6-8-18)26(31)30(27(25)32)21-13-14-22-23(17-21)34-16-15-33-22/h4-14,17,29H,15-16H2,1-3H3. The summed E-state index contributed by atoms with van der Waals surface area (Å²) in [7, 11) is 0. The Morgan fingerprint density at radius 1 is 0.794 bits per heavy atom. The van der Waals surface area contributed by atoms with E-state index in [0.29, 0.717) is 41.5 Å². The number of nitrogens with zero attached hydrogens (tertiary/aromatic N) is 1. The van der Waals surface area contributed by atoms with Gasteiger partial charge in [0.25, 0.3) is 11.8 Å². The van der Waals surface area contributed by atoms with E-state index in [1.54, 1.807) is 18.2 Å². The SMILES string of the molecule is CC(C)(C)c1ccc(NC2=C(c3ccccc3)C(=O)N(c3ccc4c(c3)OCCO4)C2=O)cc1. The van der Waals surface area contributed by atoms with Crippen molar-refractivity contribution in [3.05, 3.63) is 89.6 Å². The van der Waals surface area contributed by atoms with Crippen LogP contribution in [0.4, 0.5) is 11.4 Å². The van der Waals surface area contributed by atoms with Crippen LogP contribution in [0.25, 0.3) is 5.57 Å². The molecule has 0 fully saturated rings. The molecule has 0 saturated carbocycles. The first-order valence-electron chi connectivity index (χ1n) is 11.3. The average Bonchev–Trinajstić information content (AvgIpc) is 3.08. The van der Waals surface area contributed by atoms with Crippen molar-refractivity contribution in [1.82, 2.24) is 0 Å². The van der Waals surface area contributed by atoms with Gasteiger partial charge in [0.15, 0.2) is 11.5 Å². The van der Waals surface area contributed by atoms with Crippen LogP contribution in [0.15, 0.2) is 78.5 Å². The van der Waals surface area contributed by atoms with Crippen molar-refractivity contribution in [3.63, 3.8) is 0 Å². The van der Waals surface area contributed by atoms with Crippen molar-refractivity contribution < 1.29 is 19.1 Å². The minimum Gasteiger partial charge on any atom is -0.486 e. The molecular formula is C28H26N2O4. The van der Waals surface area contributed by atoms with Gasteiger partial charge in [-0.25, -0.2) is 4.90 Å². The quantitative estimate of drug-likeness (QED) is 0.552. The van der Waals surface area contributed by atoms with Crippen LogP contribution < -0.4 is 19.7 Å². The molecule has 34 heavy (non-hydrogen) atoms. The molecule has 0 aromatic heterocycles. The summed E-state index contributed by atoms with van der Waals surface area (Å²) in [5, 5.41) is 3.22. The number of anilines is 2. The van der Waals surface area contributed by atoms with E-state index in [4.69, 9.17) is 9.47 Å². The predicted octanol–water partition coefficient (Wildman–Crippen LogP) is 5.15. The molecule has 0 aliphatic carbocycles. The van der Waals surface area contributed by atoms with E-state index in [1.807, 2.05) is 54.6 Å². The molecule has 0 unspecified atom stereocenters. The second kappa shape index (κ2) is 8.37. The summed E-state index contributed by atoms with van der Waals surface area (Å²) >= 11 is 0. The second-order valence-electron chi connectivity index (χ2n) is 9.34. The lowest BCUT2D eigenvalue weighted by atomic mass is 9.87. The molecule has 0 saturated heterocycles. The molecule has 2 aliphatic rings. The second-order valence-corrected chi connectivity index (χ2v) is 9.34. The average molecular weight is 455 g/mol. The van der Waals surface area contributed by atoms with Gasteiger partial charge in [-0.15, -0.1) is 0 Å². The van der Waals surface area contributed by atoms with Crippen LogP contribution in [0.3, 0.4) is 0 Å². The van der Waals surface area contributed by atoms with Gasteiger partial charge in [-0.1, -0.05) is 63.2 Å². The van der Waals surface area contributed by atoms with E-state index >= 15 is 0 Å². The van der Waals surface area contributed by atoms with Crippen LogP contribution in [0.5, 0.6) is 11.5 Å². The Labute approximate surface area is 198 Å². The minimum absolute atomic E-state index is 0.0151. The van der Waals surface area contributed by atoms with Crippen LogP contribution in [0.1, 0.15) is 31.9 Å². The first kappa shape index (κ1) is 21.8. The van der Waals surface area contributed by atoms with Crippen LogP contribution in [0.2, 0.25) is 0 Å². The van der Waals surface area contributed by atoms with E-state index in [-0.39, 0.29) is 17.0 Å². The zero-order valence-corrected chi connectivity index (χ0v) is 19.4. The van der Waals surface area contributed by atoms with Crippen LogP contribution in [0, 0.1) is 0 Å². The molecule has 5 rings (SSSR count). The van der Waals surface area contributed by atoms with Crippen molar-refractivity contribution >= 4 is 28.8 Å². The predicted molar refractivity (Wildman–Crippen MR) is 132 cm³/mol. The topological polar surface area (TPSA) is 67.9 Å². The van der Waals surface area contributed by atoms with Crippen molar-refractivity contribution in [1.29, 1.82) is 0 Å². The zero-order chi connectivity index (χ0) is 23.9. The number of hydrogen-bond donors (Lipinski definition) is 1. The van der Waals surface area contributed by atoms with Crippen molar-refractivity contribution in [2.24, 2.45) is 0 Å². The van der Waals surface area contributed by atoms with Gasteiger partial charge < -0.3 is 14.8 Å². The van der Waals surface area contributed by atoms with E-state index < -0.39 is 5.91 Å². The number of carbonyl (C=O) groups excluding carboxylic acids is 2. The van der Waals surface area contributed by atoms with E-state index in [2.05, 4.69) is 26.1 Å². The van der Waals surface area contributed by atoms with Crippen molar-refractivity contribution in [3.8, 4) is 11.5 Å². The monoisotopic (exact) mass is 454 g/mol. The van der Waals surface area contributed by atoms with Gasteiger partial charge in [-0.2, -0.15) is 0 Å². The Bertz CT molecular complexity index is 1290. The minimum atomic E-state index is -0.416. The van der Waals surface area contributed by atoms with Gasteiger partial charge in [0.1, 0.15) is 18.9 Å². The molecule has 0 bridgehead atoms. The van der Waals surface area contributed by atoms with Crippen LogP contribution in [-0.2, 0) is 15.0 Å². The molecule has 6 heteroatoms. The molecule has 3 aromatic rings. The van der Waals surface area contributed by atoms with Gasteiger partial charge in [0.05, 0.1) is 11.3 Å². The fourth-order valence-corrected chi connectivity index (χ4v) is 4.12. The van der Waals surface area contributed by atoms with Gasteiger partial charge in [0.2, 0.25) is 0 Å². The number of benzene rings is 3. The molecule has 0 spiro atoms. The molecule has 2 aliphatic heterocycles. The highest BCUT2D eigenvalue weighted by atomic mass is 16.6. The molecule has 3 aromatic carbocycles. The van der Waals surface area contributed by atoms with E-state index in [0.717, 1.165) is 5.69 Å². The molecule has 0 atom stereocenters. The number of imide groups is 1. The largest absolute Gasteiger partial charge is 0.486 e. The molecule has 0 radical (unpaired) electrons. The summed E-state index contributed by atoms with van der Waals surface area (Å²) in [4.78, 5) is 28.4. The summed E-state index contributed by atoms with van der Waals surface area (Å²) in [6, 6.07) is 22.3. The summed E-state index contributed by atoms with van der Waals surface area (Å²) in [6.07, 6.45) is 0. The Kier molecular flexibility index (Phi) is 5.36. The summed E-state index contributed by atoms with van der Waals surface area (Å²) in [5.74, 6) is 0.314. The Morgan fingerprint density at radius 2 is 1.47 bits per heavy atom. The first-order valence-corrected chi connectivity index (χ1v) is 11.3. The summed E-state index contributed by atoms with van der Waals surface area (Å²) < 4.78 is 11.2. The Morgan fingerprint density at radius 3 is 2.15 bits per heavy atom. The maximum absolute atomic E-state index is 13.6. The van der Waals surface area contributed by atoms with Gasteiger partial charge in [-0.05, 0) is 40.8 Å². The lowest BCUT2D eigenvalue weighted by molar-refractivity contribution is -0.120.